The Morgan fingerprint density at radius 2 is 2.12 bits per heavy atom. The predicted octanol–water partition coefficient (Wildman–Crippen LogP) is 2.14. The van der Waals surface area contributed by atoms with Crippen molar-refractivity contribution < 1.29 is 19.6 Å². The van der Waals surface area contributed by atoms with Gasteiger partial charge in [-0.3, -0.25) is 14.9 Å². The number of phenols is 1. The number of hydrogen-bond acceptors (Lipinski definition) is 6. The highest BCUT2D eigenvalue weighted by Crippen LogP contribution is 2.27. The van der Waals surface area contributed by atoms with Crippen LogP contribution in [0, 0.1) is 17.0 Å². The van der Waals surface area contributed by atoms with Crippen molar-refractivity contribution in [2.24, 2.45) is 5.10 Å². The first-order valence-electron chi connectivity index (χ1n) is 6.95. The highest BCUT2D eigenvalue weighted by Gasteiger charge is 2.16. The third kappa shape index (κ3) is 4.54. The molecule has 0 atom stereocenters. The van der Waals surface area contributed by atoms with E-state index in [9.17, 15) is 20.0 Å². The third-order valence-electron chi connectivity index (χ3n) is 3.00. The summed E-state index contributed by atoms with van der Waals surface area (Å²) in [5.74, 6) is -0.552. The fourth-order valence-electron chi connectivity index (χ4n) is 1.84. The maximum atomic E-state index is 11.7. The maximum Gasteiger partial charge on any atom is 0.311 e. The highest BCUT2D eigenvalue weighted by atomic mass is 16.6. The van der Waals surface area contributed by atoms with Crippen LogP contribution < -0.4 is 10.2 Å². The van der Waals surface area contributed by atoms with E-state index in [0.29, 0.717) is 11.1 Å². The summed E-state index contributed by atoms with van der Waals surface area (Å²) in [5, 5.41) is 24.2. The van der Waals surface area contributed by atoms with Crippen molar-refractivity contribution in [1.82, 2.24) is 5.43 Å². The van der Waals surface area contributed by atoms with E-state index >= 15 is 0 Å². The average Bonchev–Trinajstić information content (AvgIpc) is 2.55. The van der Waals surface area contributed by atoms with E-state index in [2.05, 4.69) is 10.5 Å². The predicted molar refractivity (Wildman–Crippen MR) is 87.2 cm³/mol. The minimum Gasteiger partial charge on any atom is -0.507 e. The monoisotopic (exact) mass is 329 g/mol. The summed E-state index contributed by atoms with van der Waals surface area (Å²) >= 11 is 0. The molecule has 8 nitrogen and oxygen atoms in total. The van der Waals surface area contributed by atoms with Gasteiger partial charge in [-0.2, -0.15) is 5.10 Å². The van der Waals surface area contributed by atoms with E-state index in [0.717, 1.165) is 0 Å². The summed E-state index contributed by atoms with van der Waals surface area (Å²) in [4.78, 5) is 22.0. The van der Waals surface area contributed by atoms with Gasteiger partial charge in [0, 0.05) is 11.6 Å². The molecule has 2 N–H and O–H groups in total. The molecule has 0 aliphatic carbocycles. The lowest BCUT2D eigenvalue weighted by atomic mass is 10.2. The number of rotatable bonds is 6. The first-order chi connectivity index (χ1) is 11.5. The summed E-state index contributed by atoms with van der Waals surface area (Å²) in [5.41, 5.74) is 3.16. The molecule has 0 saturated carbocycles. The Hall–Kier alpha value is -3.42. The number of aromatic hydroxyl groups is 1. The van der Waals surface area contributed by atoms with Crippen molar-refractivity contribution in [3.8, 4) is 11.5 Å². The zero-order chi connectivity index (χ0) is 17.5. The number of benzene rings is 2. The summed E-state index contributed by atoms with van der Waals surface area (Å²) in [6.07, 6.45) is 1.28. The number of nitro groups is 1. The molecule has 0 heterocycles. The maximum absolute atomic E-state index is 11.7. The lowest BCUT2D eigenvalue weighted by Gasteiger charge is -2.06. The average molecular weight is 329 g/mol. The van der Waals surface area contributed by atoms with Gasteiger partial charge in [0.15, 0.2) is 12.4 Å². The largest absolute Gasteiger partial charge is 0.507 e. The lowest BCUT2D eigenvalue weighted by Crippen LogP contribution is -2.24. The molecule has 24 heavy (non-hydrogen) atoms. The van der Waals surface area contributed by atoms with Crippen LogP contribution in [-0.2, 0) is 4.79 Å². The topological polar surface area (TPSA) is 114 Å². The fraction of sp³-hybridized carbons (Fsp3) is 0.125. The molecule has 1 amide bonds. The van der Waals surface area contributed by atoms with E-state index in [1.165, 1.54) is 24.4 Å². The second-order valence-electron chi connectivity index (χ2n) is 4.87. The Kier molecular flexibility index (Phi) is 5.45. The Morgan fingerprint density at radius 3 is 2.83 bits per heavy atom. The number of nitrogens with one attached hydrogen (secondary N) is 1. The van der Waals surface area contributed by atoms with Gasteiger partial charge in [0.2, 0.25) is 0 Å². The number of nitro benzene ring substituents is 1. The summed E-state index contributed by atoms with van der Waals surface area (Å²) in [6.45, 7) is 1.29. The molecular formula is C16H15N3O5. The summed E-state index contributed by atoms with van der Waals surface area (Å²) < 4.78 is 5.16. The van der Waals surface area contributed by atoms with Gasteiger partial charge >= 0.3 is 5.69 Å². The number of nitrogens with zero attached hydrogens (tertiary/aromatic N) is 2. The van der Waals surface area contributed by atoms with Crippen LogP contribution >= 0.6 is 0 Å². The number of hydrazone groups is 1. The molecule has 2 rings (SSSR count). The van der Waals surface area contributed by atoms with Crippen molar-refractivity contribution in [1.29, 1.82) is 0 Å². The van der Waals surface area contributed by atoms with Crippen molar-refractivity contribution in [3.05, 3.63) is 63.7 Å². The van der Waals surface area contributed by atoms with Crippen molar-refractivity contribution in [2.75, 3.05) is 6.61 Å². The zero-order valence-electron chi connectivity index (χ0n) is 12.8. The van der Waals surface area contributed by atoms with Gasteiger partial charge in [0.25, 0.3) is 5.91 Å². The molecule has 0 spiro atoms. The molecule has 8 heteroatoms. The fourth-order valence-corrected chi connectivity index (χ4v) is 1.84. The van der Waals surface area contributed by atoms with Crippen LogP contribution in [0.1, 0.15) is 11.1 Å². The Morgan fingerprint density at radius 1 is 1.38 bits per heavy atom. The van der Waals surface area contributed by atoms with Gasteiger partial charge in [0.05, 0.1) is 11.1 Å². The standard InChI is InChI=1S/C16H15N3O5/c1-11-6-7-15(13(8-11)19(22)23)24-10-16(21)18-17-9-12-4-2-3-5-14(12)20/h2-9,20H,10H2,1H3,(H,18,21)/b17-9-. The van der Waals surface area contributed by atoms with Gasteiger partial charge in [0.1, 0.15) is 5.75 Å². The summed E-state index contributed by atoms with van der Waals surface area (Å²) in [7, 11) is 0. The minimum atomic E-state index is -0.587. The molecule has 0 radical (unpaired) electrons. The van der Waals surface area contributed by atoms with E-state index in [1.54, 1.807) is 31.2 Å². The highest BCUT2D eigenvalue weighted by molar-refractivity contribution is 5.85. The SMILES string of the molecule is Cc1ccc(OCC(=O)N/N=C\c2ccccc2O)c([N+](=O)[O-])c1. The van der Waals surface area contributed by atoms with Crippen molar-refractivity contribution >= 4 is 17.8 Å². The summed E-state index contributed by atoms with van der Waals surface area (Å²) in [6, 6.07) is 10.9. The molecule has 2 aromatic rings. The van der Waals surface area contributed by atoms with E-state index in [1.807, 2.05) is 0 Å². The molecule has 0 saturated heterocycles. The lowest BCUT2D eigenvalue weighted by molar-refractivity contribution is -0.385. The van der Waals surface area contributed by atoms with Crippen LogP contribution in [0.3, 0.4) is 0 Å². The number of hydrogen-bond donors (Lipinski definition) is 2. The van der Waals surface area contributed by atoms with Gasteiger partial charge < -0.3 is 9.84 Å². The number of carbonyl (C=O) groups is 1. The number of carbonyl (C=O) groups excluding carboxylic acids is 1. The quantitative estimate of drug-likeness (QED) is 0.479. The molecule has 0 unspecified atom stereocenters. The number of phenolic OH excluding ortho intramolecular Hbond substituents is 1. The number of aryl methyl sites for hydroxylation is 1. The van der Waals surface area contributed by atoms with E-state index in [4.69, 9.17) is 4.74 Å². The number of ether oxygens (including phenoxy) is 1. The van der Waals surface area contributed by atoms with Gasteiger partial charge in [-0.15, -0.1) is 0 Å². The molecule has 0 aliphatic heterocycles. The second-order valence-corrected chi connectivity index (χ2v) is 4.87. The van der Waals surface area contributed by atoms with Crippen LogP contribution in [0.2, 0.25) is 0 Å². The number of para-hydroxylation sites is 1. The molecule has 0 aliphatic rings. The first kappa shape index (κ1) is 16.9. The smallest absolute Gasteiger partial charge is 0.311 e. The minimum absolute atomic E-state index is 0.00503. The molecule has 124 valence electrons. The molecule has 0 aromatic heterocycles. The van der Waals surface area contributed by atoms with Gasteiger partial charge in [-0.25, -0.2) is 5.43 Å². The molecular weight excluding hydrogens is 314 g/mol. The van der Waals surface area contributed by atoms with Crippen molar-refractivity contribution in [2.45, 2.75) is 6.92 Å². The Bertz CT molecular complexity index is 789. The molecule has 0 fully saturated rings. The third-order valence-corrected chi connectivity index (χ3v) is 3.00. The van der Waals surface area contributed by atoms with Gasteiger partial charge in [-0.1, -0.05) is 18.2 Å². The van der Waals surface area contributed by atoms with Crippen molar-refractivity contribution in [3.63, 3.8) is 0 Å². The zero-order valence-corrected chi connectivity index (χ0v) is 12.8. The Balaban J connectivity index is 1.92. The van der Waals surface area contributed by atoms with Crippen LogP contribution in [0.5, 0.6) is 11.5 Å². The van der Waals surface area contributed by atoms with Crippen LogP contribution in [-0.4, -0.2) is 28.8 Å². The van der Waals surface area contributed by atoms with E-state index in [-0.39, 0.29) is 17.2 Å². The first-order valence-corrected chi connectivity index (χ1v) is 6.95. The van der Waals surface area contributed by atoms with E-state index < -0.39 is 17.4 Å². The molecule has 0 bridgehead atoms. The van der Waals surface area contributed by atoms with Crippen LogP contribution in [0.15, 0.2) is 47.6 Å². The van der Waals surface area contributed by atoms with Crippen LogP contribution in [0.25, 0.3) is 0 Å². The number of amides is 1. The Labute approximate surface area is 137 Å². The van der Waals surface area contributed by atoms with Crippen LogP contribution in [0.4, 0.5) is 5.69 Å². The van der Waals surface area contributed by atoms with Gasteiger partial charge in [-0.05, 0) is 30.7 Å². The second kappa shape index (κ2) is 7.73. The normalized spacial score (nSPS) is 10.5. The molecule has 2 aromatic carbocycles.